The third-order valence-corrected chi connectivity index (χ3v) is 7.38. The standard InChI is InChI=1S/C27H28BrClN6O2/c1-4-6-18(36)15-37-19-8-9-22(29)20(11-19)26-32-24(25-21(28)12-31-34(25)3)16(2)27(33-26)35-13-17-7-5-10-30-23(17)14-35/h5,7-12,18,36H,4,6,13-15H2,1-3H3/t18-/m1/s1. The second-order valence-corrected chi connectivity index (χ2v) is 10.4. The smallest absolute Gasteiger partial charge is 0.163 e. The lowest BCUT2D eigenvalue weighted by Gasteiger charge is -2.22. The van der Waals surface area contributed by atoms with E-state index in [1.807, 2.05) is 39.2 Å². The first-order valence-electron chi connectivity index (χ1n) is 12.2. The summed E-state index contributed by atoms with van der Waals surface area (Å²) < 4.78 is 8.51. The Morgan fingerprint density at radius 2 is 2.05 bits per heavy atom. The van der Waals surface area contributed by atoms with Gasteiger partial charge in [0.15, 0.2) is 5.82 Å². The molecule has 0 saturated heterocycles. The first-order chi connectivity index (χ1) is 17.9. The van der Waals surface area contributed by atoms with Gasteiger partial charge in [-0.05, 0) is 59.1 Å². The molecule has 5 rings (SSSR count). The minimum Gasteiger partial charge on any atom is -0.491 e. The molecule has 37 heavy (non-hydrogen) atoms. The Morgan fingerprint density at radius 1 is 1.22 bits per heavy atom. The van der Waals surface area contributed by atoms with Crippen LogP contribution in [0.25, 0.3) is 22.8 Å². The van der Waals surface area contributed by atoms with Gasteiger partial charge in [-0.25, -0.2) is 9.97 Å². The van der Waals surface area contributed by atoms with Crippen molar-refractivity contribution in [3.63, 3.8) is 0 Å². The van der Waals surface area contributed by atoms with Gasteiger partial charge in [0.25, 0.3) is 0 Å². The minimum absolute atomic E-state index is 0.209. The molecule has 0 spiro atoms. The highest BCUT2D eigenvalue weighted by Gasteiger charge is 2.27. The molecule has 0 bridgehead atoms. The van der Waals surface area contributed by atoms with E-state index in [0.29, 0.717) is 41.7 Å². The first kappa shape index (κ1) is 25.6. The highest BCUT2D eigenvalue weighted by atomic mass is 79.9. The highest BCUT2D eigenvalue weighted by Crippen LogP contribution is 2.38. The van der Waals surface area contributed by atoms with Crippen LogP contribution < -0.4 is 9.64 Å². The van der Waals surface area contributed by atoms with Crippen LogP contribution in [0.4, 0.5) is 5.82 Å². The topological polar surface area (TPSA) is 89.2 Å². The summed E-state index contributed by atoms with van der Waals surface area (Å²) >= 11 is 10.3. The summed E-state index contributed by atoms with van der Waals surface area (Å²) in [7, 11) is 1.89. The molecule has 1 aliphatic rings. The number of aliphatic hydroxyl groups excluding tert-OH is 1. The largest absolute Gasteiger partial charge is 0.491 e. The van der Waals surface area contributed by atoms with Crippen LogP contribution in [0.2, 0.25) is 5.02 Å². The quantitative estimate of drug-likeness (QED) is 0.284. The van der Waals surface area contributed by atoms with E-state index in [4.69, 9.17) is 26.3 Å². The maximum atomic E-state index is 10.1. The molecule has 0 unspecified atom stereocenters. The van der Waals surface area contributed by atoms with Gasteiger partial charge in [-0.2, -0.15) is 5.10 Å². The summed E-state index contributed by atoms with van der Waals surface area (Å²) in [6.45, 7) is 5.63. The lowest BCUT2D eigenvalue weighted by molar-refractivity contribution is 0.0994. The summed E-state index contributed by atoms with van der Waals surface area (Å²) in [6, 6.07) is 9.46. The number of benzene rings is 1. The number of aromatic nitrogens is 5. The Morgan fingerprint density at radius 3 is 2.78 bits per heavy atom. The number of rotatable bonds is 8. The molecule has 0 amide bonds. The molecule has 0 radical (unpaired) electrons. The molecule has 10 heteroatoms. The number of hydrogen-bond acceptors (Lipinski definition) is 7. The van der Waals surface area contributed by atoms with Crippen LogP contribution in [0.5, 0.6) is 5.75 Å². The number of aryl methyl sites for hydroxylation is 1. The molecule has 3 aromatic heterocycles. The van der Waals surface area contributed by atoms with E-state index in [1.165, 1.54) is 5.56 Å². The van der Waals surface area contributed by atoms with Crippen molar-refractivity contribution in [3.8, 4) is 28.5 Å². The van der Waals surface area contributed by atoms with Crippen molar-refractivity contribution >= 4 is 33.3 Å². The highest BCUT2D eigenvalue weighted by molar-refractivity contribution is 9.10. The predicted molar refractivity (Wildman–Crippen MR) is 148 cm³/mol. The fraction of sp³-hybridized carbons (Fsp3) is 0.333. The molecule has 8 nitrogen and oxygen atoms in total. The van der Waals surface area contributed by atoms with Crippen LogP contribution in [0, 0.1) is 6.92 Å². The zero-order valence-electron chi connectivity index (χ0n) is 20.9. The van der Waals surface area contributed by atoms with E-state index in [2.05, 4.69) is 37.0 Å². The van der Waals surface area contributed by atoms with Gasteiger partial charge in [-0.3, -0.25) is 9.67 Å². The number of anilines is 1. The predicted octanol–water partition coefficient (Wildman–Crippen LogP) is 5.72. The number of fused-ring (bicyclic) bond motifs is 1. The molecule has 1 N–H and O–H groups in total. The Bertz CT molecular complexity index is 1400. The number of aliphatic hydroxyl groups is 1. The molecule has 0 saturated carbocycles. The molecule has 1 aliphatic heterocycles. The van der Waals surface area contributed by atoms with E-state index >= 15 is 0 Å². The average molecular weight is 584 g/mol. The lowest BCUT2D eigenvalue weighted by atomic mass is 10.1. The van der Waals surface area contributed by atoms with Crippen molar-refractivity contribution in [3.05, 3.63) is 69.0 Å². The fourth-order valence-electron chi connectivity index (χ4n) is 4.57. The van der Waals surface area contributed by atoms with Gasteiger partial charge in [0, 0.05) is 30.9 Å². The molecule has 4 heterocycles. The normalized spacial score (nSPS) is 13.6. The van der Waals surface area contributed by atoms with Gasteiger partial charge in [0.1, 0.15) is 23.9 Å². The van der Waals surface area contributed by atoms with Gasteiger partial charge in [-0.15, -0.1) is 0 Å². The van der Waals surface area contributed by atoms with Crippen LogP contribution in [0.3, 0.4) is 0 Å². The maximum absolute atomic E-state index is 10.1. The Hall–Kier alpha value is -3.01. The molecule has 0 fully saturated rings. The summed E-state index contributed by atoms with van der Waals surface area (Å²) in [5.41, 5.74) is 5.43. The van der Waals surface area contributed by atoms with Crippen LogP contribution in [0.1, 0.15) is 36.6 Å². The molecule has 1 atom stereocenters. The van der Waals surface area contributed by atoms with E-state index in [9.17, 15) is 5.11 Å². The summed E-state index contributed by atoms with van der Waals surface area (Å²) in [6.07, 6.45) is 4.63. The second-order valence-electron chi connectivity index (χ2n) is 9.17. The molecular formula is C27H28BrClN6O2. The number of pyridine rings is 1. The van der Waals surface area contributed by atoms with Gasteiger partial charge in [0.2, 0.25) is 0 Å². The summed E-state index contributed by atoms with van der Waals surface area (Å²) in [5, 5.41) is 15.0. The minimum atomic E-state index is -0.523. The molecular weight excluding hydrogens is 556 g/mol. The number of hydrogen-bond donors (Lipinski definition) is 1. The van der Waals surface area contributed by atoms with E-state index in [-0.39, 0.29) is 6.61 Å². The zero-order chi connectivity index (χ0) is 26.1. The van der Waals surface area contributed by atoms with Gasteiger partial charge in [-0.1, -0.05) is 31.0 Å². The van der Waals surface area contributed by atoms with Crippen molar-refractivity contribution in [2.45, 2.75) is 45.9 Å². The van der Waals surface area contributed by atoms with Gasteiger partial charge < -0.3 is 14.7 Å². The van der Waals surface area contributed by atoms with Gasteiger partial charge >= 0.3 is 0 Å². The van der Waals surface area contributed by atoms with Crippen LogP contribution in [0.15, 0.2) is 47.2 Å². The van der Waals surface area contributed by atoms with Crippen LogP contribution in [-0.4, -0.2) is 42.5 Å². The third kappa shape index (κ3) is 5.21. The van der Waals surface area contributed by atoms with E-state index in [1.54, 1.807) is 23.0 Å². The Balaban J connectivity index is 1.60. The molecule has 0 aliphatic carbocycles. The lowest BCUT2D eigenvalue weighted by Crippen LogP contribution is -2.19. The first-order valence-corrected chi connectivity index (χ1v) is 13.4. The van der Waals surface area contributed by atoms with E-state index < -0.39 is 6.10 Å². The number of nitrogens with zero attached hydrogens (tertiary/aromatic N) is 6. The average Bonchev–Trinajstić information content (AvgIpc) is 3.46. The SMILES string of the molecule is CCC[C@@H](O)COc1ccc(Cl)c(-c2nc(-c3c(Br)cnn3C)c(C)c(N3Cc4cccnc4C3)n2)c1. The zero-order valence-corrected chi connectivity index (χ0v) is 23.3. The molecule has 192 valence electrons. The molecule has 4 aromatic rings. The summed E-state index contributed by atoms with van der Waals surface area (Å²) in [5.74, 6) is 1.89. The number of ether oxygens (including phenoxy) is 1. The van der Waals surface area contributed by atoms with Crippen molar-refractivity contribution in [1.29, 1.82) is 0 Å². The van der Waals surface area contributed by atoms with E-state index in [0.717, 1.165) is 39.4 Å². The second kappa shape index (κ2) is 10.8. The van der Waals surface area contributed by atoms with Crippen molar-refractivity contribution < 1.29 is 9.84 Å². The number of halogens is 2. The molecule has 1 aromatic carbocycles. The fourth-order valence-corrected chi connectivity index (χ4v) is 5.30. The van der Waals surface area contributed by atoms with Crippen molar-refractivity contribution in [2.75, 3.05) is 11.5 Å². The Labute approximate surface area is 229 Å². The summed E-state index contributed by atoms with van der Waals surface area (Å²) in [4.78, 5) is 16.8. The van der Waals surface area contributed by atoms with Gasteiger partial charge in [0.05, 0.1) is 39.7 Å². The van der Waals surface area contributed by atoms with Crippen LogP contribution >= 0.6 is 27.5 Å². The Kier molecular flexibility index (Phi) is 7.46. The van der Waals surface area contributed by atoms with Crippen molar-refractivity contribution in [1.82, 2.24) is 24.7 Å². The van der Waals surface area contributed by atoms with Crippen molar-refractivity contribution in [2.24, 2.45) is 7.05 Å². The third-order valence-electron chi connectivity index (χ3n) is 6.47. The monoisotopic (exact) mass is 582 g/mol. The van der Waals surface area contributed by atoms with Crippen LogP contribution in [-0.2, 0) is 20.1 Å². The maximum Gasteiger partial charge on any atom is 0.163 e.